The molecule has 2 rings (SSSR count). The highest BCUT2D eigenvalue weighted by Crippen LogP contribution is 2.30. The number of hydrogen-bond donors (Lipinski definition) is 1. The second kappa shape index (κ2) is 8.55. The molecule has 1 aromatic heterocycles. The first-order valence-electron chi connectivity index (χ1n) is 8.07. The summed E-state index contributed by atoms with van der Waals surface area (Å²) in [4.78, 5) is 35.3. The van der Waals surface area contributed by atoms with Crippen molar-refractivity contribution >= 4 is 11.9 Å². The van der Waals surface area contributed by atoms with Crippen molar-refractivity contribution in [2.24, 2.45) is 0 Å². The van der Waals surface area contributed by atoms with E-state index in [4.69, 9.17) is 0 Å². The second-order valence-electron chi connectivity index (χ2n) is 5.93. The predicted octanol–water partition coefficient (Wildman–Crippen LogP) is 2.40. The van der Waals surface area contributed by atoms with E-state index in [0.717, 1.165) is 28.9 Å². The fourth-order valence-corrected chi connectivity index (χ4v) is 2.21. The third-order valence-corrected chi connectivity index (χ3v) is 3.54. The van der Waals surface area contributed by atoms with Gasteiger partial charge in [-0.3, -0.25) is 9.59 Å². The molecule has 1 N–H and O–H groups in total. The second-order valence-corrected chi connectivity index (χ2v) is 5.93. The molecule has 0 fully saturated rings. The van der Waals surface area contributed by atoms with Gasteiger partial charge in [-0.05, 0) is 25.1 Å². The molecular formula is C17H13F6N3O4. The zero-order valence-corrected chi connectivity index (χ0v) is 15.1. The fourth-order valence-electron chi connectivity index (χ4n) is 2.21. The van der Waals surface area contributed by atoms with Gasteiger partial charge in [0, 0.05) is 11.8 Å². The summed E-state index contributed by atoms with van der Waals surface area (Å²) in [6.07, 6.45) is -9.31. The minimum Gasteiger partial charge on any atom is -0.451 e. The minimum absolute atomic E-state index is 0.0961. The summed E-state index contributed by atoms with van der Waals surface area (Å²) in [5.74, 6) is -2.70. The molecule has 1 heterocycles. The van der Waals surface area contributed by atoms with Gasteiger partial charge in [0.1, 0.15) is 6.54 Å². The number of alkyl halides is 6. The van der Waals surface area contributed by atoms with Crippen LogP contribution in [-0.2, 0) is 15.7 Å². The Bertz CT molecular complexity index is 1010. The maximum atomic E-state index is 12.9. The summed E-state index contributed by atoms with van der Waals surface area (Å²) in [5, 5.41) is 5.14. The van der Waals surface area contributed by atoms with Gasteiger partial charge in [0.25, 0.3) is 5.91 Å². The van der Waals surface area contributed by atoms with Crippen molar-refractivity contribution in [3.05, 3.63) is 57.5 Å². The summed E-state index contributed by atoms with van der Waals surface area (Å²) in [7, 11) is 0. The Morgan fingerprint density at radius 2 is 1.80 bits per heavy atom. The smallest absolute Gasteiger partial charge is 0.416 e. The SMILES string of the molecule is Cc1cc(=O)c(C(=O)OCC(=O)NCC(F)(F)F)nn1-c1cccc(C(F)(F)F)c1. The number of nitrogens with one attached hydrogen (secondary N) is 1. The van der Waals surface area contributed by atoms with Crippen molar-refractivity contribution in [3.8, 4) is 5.69 Å². The topological polar surface area (TPSA) is 90.3 Å². The molecule has 1 aromatic carbocycles. The lowest BCUT2D eigenvalue weighted by Gasteiger charge is -2.13. The molecule has 0 aliphatic rings. The summed E-state index contributed by atoms with van der Waals surface area (Å²) >= 11 is 0. The van der Waals surface area contributed by atoms with Gasteiger partial charge in [-0.15, -0.1) is 0 Å². The van der Waals surface area contributed by atoms with Gasteiger partial charge in [0.05, 0.1) is 11.3 Å². The quantitative estimate of drug-likeness (QED) is 0.573. The van der Waals surface area contributed by atoms with Crippen LogP contribution in [0, 0.1) is 6.92 Å². The highest BCUT2D eigenvalue weighted by molar-refractivity contribution is 5.89. The van der Waals surface area contributed by atoms with Gasteiger partial charge in [-0.25, -0.2) is 9.48 Å². The molecule has 13 heteroatoms. The number of halogens is 6. The first-order valence-corrected chi connectivity index (χ1v) is 8.07. The third kappa shape index (κ3) is 6.06. The normalized spacial score (nSPS) is 11.8. The Kier molecular flexibility index (Phi) is 6.53. The third-order valence-electron chi connectivity index (χ3n) is 3.54. The zero-order valence-electron chi connectivity index (χ0n) is 15.1. The van der Waals surface area contributed by atoms with E-state index < -0.39 is 54.1 Å². The zero-order chi connectivity index (χ0) is 22.7. The van der Waals surface area contributed by atoms with Gasteiger partial charge in [-0.1, -0.05) is 6.07 Å². The Hall–Kier alpha value is -3.38. The van der Waals surface area contributed by atoms with Crippen LogP contribution in [0.2, 0.25) is 0 Å². The molecule has 0 aliphatic heterocycles. The van der Waals surface area contributed by atoms with Crippen LogP contribution in [0.15, 0.2) is 35.1 Å². The number of ether oxygens (including phenoxy) is 1. The van der Waals surface area contributed by atoms with Gasteiger partial charge in [0.15, 0.2) is 6.61 Å². The predicted molar refractivity (Wildman–Crippen MR) is 88.9 cm³/mol. The number of nitrogens with zero attached hydrogens (tertiary/aromatic N) is 2. The number of esters is 1. The molecule has 0 radical (unpaired) electrons. The van der Waals surface area contributed by atoms with E-state index in [1.165, 1.54) is 18.3 Å². The summed E-state index contributed by atoms with van der Waals surface area (Å²) in [5.41, 5.74) is -2.82. The van der Waals surface area contributed by atoms with Crippen molar-refractivity contribution in [1.29, 1.82) is 0 Å². The van der Waals surface area contributed by atoms with Crippen LogP contribution in [0.4, 0.5) is 26.3 Å². The fraction of sp³-hybridized carbons (Fsp3) is 0.294. The van der Waals surface area contributed by atoms with Gasteiger partial charge in [0.2, 0.25) is 11.1 Å². The number of amides is 1. The highest BCUT2D eigenvalue weighted by Gasteiger charge is 2.31. The van der Waals surface area contributed by atoms with Crippen molar-refractivity contribution in [1.82, 2.24) is 15.1 Å². The van der Waals surface area contributed by atoms with E-state index in [1.807, 2.05) is 0 Å². The standard InChI is InChI=1S/C17H13F6N3O4/c1-9-5-12(27)14(15(29)30-7-13(28)24-8-16(18,19)20)25-26(9)11-4-2-3-10(6-11)17(21,22)23/h2-6H,7-8H2,1H3,(H,24,28). The number of rotatable bonds is 5. The number of hydrogen-bond acceptors (Lipinski definition) is 5. The van der Waals surface area contributed by atoms with Crippen molar-refractivity contribution < 1.29 is 40.7 Å². The van der Waals surface area contributed by atoms with Crippen molar-refractivity contribution in [2.75, 3.05) is 13.2 Å². The van der Waals surface area contributed by atoms with Crippen LogP contribution in [0.5, 0.6) is 0 Å². The molecule has 0 bridgehead atoms. The van der Waals surface area contributed by atoms with Crippen LogP contribution in [0.1, 0.15) is 21.7 Å². The van der Waals surface area contributed by atoms with Gasteiger partial charge >= 0.3 is 18.3 Å². The number of carbonyl (C=O) groups is 2. The Labute approximate surface area is 164 Å². The average Bonchev–Trinajstić information content (AvgIpc) is 2.63. The molecule has 0 atom stereocenters. The molecule has 0 saturated heterocycles. The molecule has 0 saturated carbocycles. The largest absolute Gasteiger partial charge is 0.451 e. The lowest BCUT2D eigenvalue weighted by atomic mass is 10.2. The molecule has 0 spiro atoms. The van der Waals surface area contributed by atoms with E-state index >= 15 is 0 Å². The van der Waals surface area contributed by atoms with Crippen LogP contribution < -0.4 is 10.7 Å². The number of aryl methyl sites for hydroxylation is 1. The Morgan fingerprint density at radius 1 is 1.13 bits per heavy atom. The van der Waals surface area contributed by atoms with E-state index in [2.05, 4.69) is 9.84 Å². The Morgan fingerprint density at radius 3 is 2.40 bits per heavy atom. The molecular weight excluding hydrogens is 424 g/mol. The lowest BCUT2D eigenvalue weighted by Crippen LogP contribution is -2.37. The van der Waals surface area contributed by atoms with E-state index in [-0.39, 0.29) is 11.4 Å². The summed E-state index contributed by atoms with van der Waals surface area (Å²) in [6, 6.07) is 4.81. The summed E-state index contributed by atoms with van der Waals surface area (Å²) < 4.78 is 80.2. The average molecular weight is 437 g/mol. The van der Waals surface area contributed by atoms with Crippen LogP contribution in [0.3, 0.4) is 0 Å². The molecule has 0 unspecified atom stereocenters. The molecule has 1 amide bonds. The Balaban J connectivity index is 2.24. The first kappa shape index (κ1) is 22.9. The van der Waals surface area contributed by atoms with Crippen LogP contribution in [-0.4, -0.2) is 41.0 Å². The molecule has 7 nitrogen and oxygen atoms in total. The molecule has 30 heavy (non-hydrogen) atoms. The number of carbonyl (C=O) groups excluding carboxylic acids is 2. The maximum absolute atomic E-state index is 12.9. The molecule has 162 valence electrons. The lowest BCUT2D eigenvalue weighted by molar-refractivity contribution is -0.140. The maximum Gasteiger partial charge on any atom is 0.416 e. The number of benzene rings is 1. The highest BCUT2D eigenvalue weighted by atomic mass is 19.4. The number of aromatic nitrogens is 2. The van der Waals surface area contributed by atoms with E-state index in [1.54, 1.807) is 0 Å². The molecule has 2 aromatic rings. The van der Waals surface area contributed by atoms with Crippen LogP contribution in [0.25, 0.3) is 5.69 Å². The molecule has 0 aliphatic carbocycles. The monoisotopic (exact) mass is 437 g/mol. The first-order chi connectivity index (χ1) is 13.8. The minimum atomic E-state index is -4.67. The van der Waals surface area contributed by atoms with Gasteiger partial charge in [-0.2, -0.15) is 31.4 Å². The van der Waals surface area contributed by atoms with E-state index in [9.17, 15) is 40.7 Å². The van der Waals surface area contributed by atoms with Crippen LogP contribution >= 0.6 is 0 Å². The van der Waals surface area contributed by atoms with Crippen molar-refractivity contribution in [3.63, 3.8) is 0 Å². The van der Waals surface area contributed by atoms with Gasteiger partial charge < -0.3 is 10.1 Å². The van der Waals surface area contributed by atoms with Crippen molar-refractivity contribution in [2.45, 2.75) is 19.3 Å². The van der Waals surface area contributed by atoms with E-state index in [0.29, 0.717) is 0 Å². The summed E-state index contributed by atoms with van der Waals surface area (Å²) in [6.45, 7) is -1.41.